The van der Waals surface area contributed by atoms with Crippen molar-refractivity contribution in [2.45, 2.75) is 110 Å². The molecule has 10 atom stereocenters. The molecule has 14 nitrogen and oxygen atoms in total. The number of aliphatic hydroxyl groups excluding tert-OH is 1. The topological polar surface area (TPSA) is 190 Å². The van der Waals surface area contributed by atoms with E-state index in [0.29, 0.717) is 11.1 Å². The van der Waals surface area contributed by atoms with Gasteiger partial charge in [0.1, 0.15) is 17.7 Å². The van der Waals surface area contributed by atoms with Gasteiger partial charge in [-0.25, -0.2) is 19.2 Å². The number of rotatable bonds is 10. The fraction of sp³-hybridized carbons (Fsp3) is 0.610. The summed E-state index contributed by atoms with van der Waals surface area (Å²) < 4.78 is 34.8. The maximum absolute atomic E-state index is 14.1. The number of fused-ring (bicyclic) bond motifs is 2. The molecule has 2 saturated carbocycles. The fourth-order valence-corrected chi connectivity index (χ4v) is 10.3. The second-order valence-corrected chi connectivity index (χ2v) is 17.1. The molecule has 2 N–H and O–H groups in total. The summed E-state index contributed by atoms with van der Waals surface area (Å²) in [5, 5.41) is 14.7. The lowest BCUT2D eigenvalue weighted by molar-refractivity contribution is -0.269. The molecule has 1 aromatic carbocycles. The lowest BCUT2D eigenvalue weighted by Crippen LogP contribution is -2.75. The van der Waals surface area contributed by atoms with Crippen molar-refractivity contribution in [1.29, 1.82) is 0 Å². The van der Waals surface area contributed by atoms with Gasteiger partial charge in [-0.2, -0.15) is 0 Å². The normalized spacial score (nSPS) is 33.9. The summed E-state index contributed by atoms with van der Waals surface area (Å²) in [6.45, 7) is 11.5. The SMILES string of the molecule is COC(=O)[C@@]12C[C@H](O)C3[C@@]4(C)CC(=O)C(OCC(=O)NC(Cc5ccccc5)C(=O)OC(C)(C)C)=C(C)C4C[C@H]4OC(=O)[C@H](OC(=O)C=C(C)C)[C@@H]1[C@@]34CO2. The number of carbonyl (C=O) groups excluding carboxylic acids is 6. The molecule has 14 heteroatoms. The van der Waals surface area contributed by atoms with Gasteiger partial charge in [-0.3, -0.25) is 9.59 Å². The van der Waals surface area contributed by atoms with E-state index in [4.69, 9.17) is 28.4 Å². The van der Waals surface area contributed by atoms with E-state index in [1.54, 1.807) is 41.5 Å². The van der Waals surface area contributed by atoms with E-state index in [0.717, 1.165) is 5.56 Å². The number of ketones is 1. The molecule has 298 valence electrons. The minimum atomic E-state index is -1.82. The summed E-state index contributed by atoms with van der Waals surface area (Å²) in [4.78, 5) is 80.9. The number of methoxy groups -OCH3 is 1. The van der Waals surface area contributed by atoms with Crippen LogP contribution in [-0.4, -0.2) is 96.6 Å². The van der Waals surface area contributed by atoms with Gasteiger partial charge >= 0.3 is 23.9 Å². The molecule has 2 aliphatic heterocycles. The van der Waals surface area contributed by atoms with Crippen molar-refractivity contribution in [3.8, 4) is 0 Å². The number of allylic oxidation sites excluding steroid dienone is 3. The van der Waals surface area contributed by atoms with Crippen LogP contribution >= 0.6 is 0 Å². The van der Waals surface area contributed by atoms with Crippen molar-refractivity contribution < 1.29 is 62.3 Å². The van der Waals surface area contributed by atoms with E-state index in [9.17, 15) is 33.9 Å². The van der Waals surface area contributed by atoms with Gasteiger partial charge < -0.3 is 38.8 Å². The Morgan fingerprint density at radius 2 is 1.78 bits per heavy atom. The molecule has 1 amide bonds. The Kier molecular flexibility index (Phi) is 10.6. The number of hydrogen-bond donors (Lipinski definition) is 2. The van der Waals surface area contributed by atoms with Crippen molar-refractivity contribution in [3.05, 3.63) is 58.9 Å². The van der Waals surface area contributed by atoms with Crippen molar-refractivity contribution in [2.24, 2.45) is 28.6 Å². The van der Waals surface area contributed by atoms with Gasteiger partial charge in [0.25, 0.3) is 5.91 Å². The van der Waals surface area contributed by atoms with Crippen molar-refractivity contribution in [3.63, 3.8) is 0 Å². The minimum Gasteiger partial charge on any atom is -0.480 e. The monoisotopic (exact) mass is 765 g/mol. The van der Waals surface area contributed by atoms with Crippen LogP contribution < -0.4 is 5.32 Å². The smallest absolute Gasteiger partial charge is 0.348 e. The number of esters is 4. The number of Topliss-reactive ketones (excluding diaryl/α,β-unsaturated/α-hetero) is 1. The summed E-state index contributed by atoms with van der Waals surface area (Å²) in [5.41, 5.74) is -2.86. The predicted octanol–water partition coefficient (Wildman–Crippen LogP) is 3.07. The number of ether oxygens (including phenoxy) is 6. The summed E-state index contributed by atoms with van der Waals surface area (Å²) in [6.07, 6.45) is -2.46. The van der Waals surface area contributed by atoms with Crippen LogP contribution in [0.25, 0.3) is 0 Å². The highest BCUT2D eigenvalue weighted by Gasteiger charge is 2.82. The first-order valence-electron chi connectivity index (χ1n) is 18.7. The molecule has 2 bridgehead atoms. The van der Waals surface area contributed by atoms with Gasteiger partial charge in [0, 0.05) is 36.7 Å². The molecule has 6 rings (SSSR count). The number of benzene rings is 1. The quantitative estimate of drug-likeness (QED) is 0.201. The van der Waals surface area contributed by atoms with Crippen LogP contribution in [0.2, 0.25) is 0 Å². The average Bonchev–Trinajstić information content (AvgIpc) is 3.33. The van der Waals surface area contributed by atoms with E-state index in [2.05, 4.69) is 5.32 Å². The fourth-order valence-electron chi connectivity index (χ4n) is 10.3. The van der Waals surface area contributed by atoms with E-state index < -0.39 is 106 Å². The summed E-state index contributed by atoms with van der Waals surface area (Å²) in [6, 6.07) is 8.14. The lowest BCUT2D eigenvalue weighted by atomic mass is 9.38. The number of carbonyl (C=O) groups is 6. The summed E-state index contributed by atoms with van der Waals surface area (Å²) in [7, 11) is 1.18. The maximum atomic E-state index is 14.1. The molecule has 3 aliphatic carbocycles. The van der Waals surface area contributed by atoms with Crippen molar-refractivity contribution in [2.75, 3.05) is 20.3 Å². The Hall–Kier alpha value is -4.56. The summed E-state index contributed by atoms with van der Waals surface area (Å²) in [5.74, 6) is -6.45. The molecule has 3 unspecified atom stereocenters. The Morgan fingerprint density at radius 3 is 2.42 bits per heavy atom. The highest BCUT2D eigenvalue weighted by atomic mass is 16.6. The number of hydrogen-bond acceptors (Lipinski definition) is 13. The number of nitrogens with one attached hydrogen (secondary N) is 1. The molecule has 1 spiro atoms. The zero-order chi connectivity index (χ0) is 40.2. The second-order valence-electron chi connectivity index (χ2n) is 17.1. The molecule has 4 fully saturated rings. The lowest BCUT2D eigenvalue weighted by Gasteiger charge is -2.66. The van der Waals surface area contributed by atoms with Crippen LogP contribution in [0.3, 0.4) is 0 Å². The first-order valence-corrected chi connectivity index (χ1v) is 18.7. The average molecular weight is 766 g/mol. The Bertz CT molecular complexity index is 1830. The Labute approximate surface area is 320 Å². The molecule has 0 radical (unpaired) electrons. The third-order valence-corrected chi connectivity index (χ3v) is 12.0. The first kappa shape index (κ1) is 40.1. The van der Waals surface area contributed by atoms with Crippen LogP contribution in [-0.2, 0) is 63.6 Å². The molecule has 2 saturated heterocycles. The highest BCUT2D eigenvalue weighted by molar-refractivity contribution is 5.97. The molecular formula is C41H51NO13. The van der Waals surface area contributed by atoms with Crippen LogP contribution in [0.5, 0.6) is 0 Å². The zero-order valence-corrected chi connectivity index (χ0v) is 32.6. The van der Waals surface area contributed by atoms with Gasteiger partial charge in [0.05, 0.1) is 25.7 Å². The van der Waals surface area contributed by atoms with E-state index in [-0.39, 0.29) is 38.0 Å². The van der Waals surface area contributed by atoms with Crippen LogP contribution in [0, 0.1) is 28.6 Å². The Balaban J connectivity index is 1.29. The van der Waals surface area contributed by atoms with Gasteiger partial charge in [0.15, 0.2) is 23.8 Å². The van der Waals surface area contributed by atoms with Crippen LogP contribution in [0.15, 0.2) is 53.3 Å². The van der Waals surface area contributed by atoms with Crippen molar-refractivity contribution in [1.82, 2.24) is 5.32 Å². The van der Waals surface area contributed by atoms with Gasteiger partial charge in [0.2, 0.25) is 6.10 Å². The second kappa shape index (κ2) is 14.5. The molecule has 5 aliphatic rings. The molecular weight excluding hydrogens is 714 g/mol. The largest absolute Gasteiger partial charge is 0.480 e. The third-order valence-electron chi connectivity index (χ3n) is 12.0. The third kappa shape index (κ3) is 6.96. The zero-order valence-electron chi connectivity index (χ0n) is 32.6. The van der Waals surface area contributed by atoms with Crippen LogP contribution in [0.4, 0.5) is 0 Å². The predicted molar refractivity (Wildman–Crippen MR) is 192 cm³/mol. The van der Waals surface area contributed by atoms with Gasteiger partial charge in [-0.1, -0.05) is 42.8 Å². The van der Waals surface area contributed by atoms with E-state index in [1.165, 1.54) is 13.2 Å². The van der Waals surface area contributed by atoms with E-state index in [1.807, 2.05) is 37.3 Å². The number of aliphatic hydroxyl groups is 1. The van der Waals surface area contributed by atoms with Gasteiger partial charge in [-0.15, -0.1) is 0 Å². The maximum Gasteiger partial charge on any atom is 0.348 e. The molecule has 2 heterocycles. The Morgan fingerprint density at radius 1 is 1.09 bits per heavy atom. The van der Waals surface area contributed by atoms with E-state index >= 15 is 0 Å². The molecule has 55 heavy (non-hydrogen) atoms. The molecule has 0 aromatic heterocycles. The minimum absolute atomic E-state index is 0.0189. The van der Waals surface area contributed by atoms with Gasteiger partial charge in [-0.05, 0) is 70.4 Å². The highest BCUT2D eigenvalue weighted by Crippen LogP contribution is 2.72. The van der Waals surface area contributed by atoms with Crippen LogP contribution in [0.1, 0.15) is 73.3 Å². The summed E-state index contributed by atoms with van der Waals surface area (Å²) >= 11 is 0. The standard InChI is InChI=1S/C41H51NO13/c1-21(2)14-30(46)54-32-34-40-20-52-41(34,37(49)50-8)18-27(44)33(40)39(7)17-26(43)31(22(3)24(39)16-28(40)53-36(32)48)51-19-29(45)42-25(35(47)55-38(4,5)6)15-23-12-10-9-11-13-23/h9-14,24-25,27-28,32-34,44H,15-20H2,1-8H3,(H,42,45)/t24?,25?,27-,28+,32+,33?,34+,39-,40+,41+/m0/s1. The molecule has 1 aromatic rings. The number of amides is 1. The van der Waals surface area contributed by atoms with Crippen molar-refractivity contribution >= 4 is 35.6 Å². The first-order chi connectivity index (χ1) is 25.8.